The molecule has 0 aliphatic heterocycles. The van der Waals surface area contributed by atoms with Crippen molar-refractivity contribution in [2.45, 2.75) is 38.3 Å². The van der Waals surface area contributed by atoms with Gasteiger partial charge in [0.2, 0.25) is 10.0 Å². The van der Waals surface area contributed by atoms with Crippen LogP contribution in [0.4, 0.5) is 0 Å². The monoisotopic (exact) mass is 546 g/mol. The Hall–Kier alpha value is -1.85. The standard InChI is InChI=1S/C21H30N4O3S.HI/c1-5-11-28-20-12-16(2)9-10-18(20)15-25-21(22-3)24-14-17-7-6-8-19(13-17)29(26,27)23-4;/h6-10,12-13,23H,5,11,14-15H2,1-4H3,(H2,22,24,25);1H. The van der Waals surface area contributed by atoms with Crippen LogP contribution in [0.1, 0.15) is 30.0 Å². The van der Waals surface area contributed by atoms with E-state index in [0.717, 1.165) is 28.9 Å². The molecule has 0 radical (unpaired) electrons. The van der Waals surface area contributed by atoms with Crippen molar-refractivity contribution in [2.75, 3.05) is 20.7 Å². The fourth-order valence-corrected chi connectivity index (χ4v) is 3.48. The summed E-state index contributed by atoms with van der Waals surface area (Å²) < 4.78 is 32.1. The zero-order valence-corrected chi connectivity index (χ0v) is 21.0. The van der Waals surface area contributed by atoms with E-state index in [-0.39, 0.29) is 28.9 Å². The molecule has 0 atom stereocenters. The summed E-state index contributed by atoms with van der Waals surface area (Å²) in [5.74, 6) is 1.49. The lowest BCUT2D eigenvalue weighted by Crippen LogP contribution is -2.36. The molecule has 2 rings (SSSR count). The molecule has 0 aliphatic carbocycles. The third-order valence-corrected chi connectivity index (χ3v) is 5.70. The maximum absolute atomic E-state index is 12.0. The van der Waals surface area contributed by atoms with Gasteiger partial charge in [0.1, 0.15) is 5.75 Å². The molecule has 2 aromatic rings. The predicted molar refractivity (Wildman–Crippen MR) is 132 cm³/mol. The van der Waals surface area contributed by atoms with Crippen molar-refractivity contribution >= 4 is 40.0 Å². The van der Waals surface area contributed by atoms with Crippen LogP contribution in [0.15, 0.2) is 52.4 Å². The van der Waals surface area contributed by atoms with Crippen molar-refractivity contribution in [2.24, 2.45) is 4.99 Å². The second-order valence-electron chi connectivity index (χ2n) is 6.59. The maximum Gasteiger partial charge on any atom is 0.240 e. The Morgan fingerprint density at radius 1 is 1.10 bits per heavy atom. The number of halogens is 1. The molecular formula is C21H31IN4O3S. The van der Waals surface area contributed by atoms with Crippen molar-refractivity contribution in [1.29, 1.82) is 0 Å². The molecule has 2 aromatic carbocycles. The summed E-state index contributed by atoms with van der Waals surface area (Å²) in [5.41, 5.74) is 3.04. The van der Waals surface area contributed by atoms with E-state index in [9.17, 15) is 8.42 Å². The first-order valence-corrected chi connectivity index (χ1v) is 11.1. The molecule has 9 heteroatoms. The fourth-order valence-electron chi connectivity index (χ4n) is 2.68. The molecule has 3 N–H and O–H groups in total. The number of aliphatic imine (C=N–C) groups is 1. The van der Waals surface area contributed by atoms with Gasteiger partial charge in [-0.3, -0.25) is 4.99 Å². The number of benzene rings is 2. The molecule has 0 saturated carbocycles. The van der Waals surface area contributed by atoms with E-state index in [2.05, 4.69) is 33.3 Å². The third-order valence-electron chi connectivity index (χ3n) is 4.29. The highest BCUT2D eigenvalue weighted by Gasteiger charge is 2.11. The molecule has 166 valence electrons. The Morgan fingerprint density at radius 3 is 2.50 bits per heavy atom. The molecular weight excluding hydrogens is 515 g/mol. The van der Waals surface area contributed by atoms with E-state index in [1.54, 1.807) is 25.2 Å². The Bertz CT molecular complexity index is 949. The average Bonchev–Trinajstić information content (AvgIpc) is 2.73. The quantitative estimate of drug-likeness (QED) is 0.256. The van der Waals surface area contributed by atoms with Gasteiger partial charge in [0.25, 0.3) is 0 Å². The zero-order chi connectivity index (χ0) is 21.3. The largest absolute Gasteiger partial charge is 0.493 e. The number of nitrogens with one attached hydrogen (secondary N) is 3. The SMILES string of the molecule is CCCOc1cc(C)ccc1CNC(=NC)NCc1cccc(S(=O)(=O)NC)c1.I. The molecule has 0 unspecified atom stereocenters. The minimum Gasteiger partial charge on any atom is -0.493 e. The van der Waals surface area contributed by atoms with Crippen LogP contribution in [0.5, 0.6) is 5.75 Å². The van der Waals surface area contributed by atoms with Gasteiger partial charge in [0.15, 0.2) is 5.96 Å². The van der Waals surface area contributed by atoms with Crippen molar-refractivity contribution in [3.63, 3.8) is 0 Å². The highest BCUT2D eigenvalue weighted by Crippen LogP contribution is 2.20. The van der Waals surface area contributed by atoms with Gasteiger partial charge in [-0.15, -0.1) is 24.0 Å². The molecule has 0 heterocycles. The number of sulfonamides is 1. The van der Waals surface area contributed by atoms with Crippen molar-refractivity contribution in [3.8, 4) is 5.75 Å². The second-order valence-corrected chi connectivity index (χ2v) is 8.48. The molecule has 0 fully saturated rings. The molecule has 7 nitrogen and oxygen atoms in total. The molecule has 0 spiro atoms. The summed E-state index contributed by atoms with van der Waals surface area (Å²) in [6, 6.07) is 12.9. The summed E-state index contributed by atoms with van der Waals surface area (Å²) in [7, 11) is -0.371. The van der Waals surface area contributed by atoms with Gasteiger partial charge in [-0.2, -0.15) is 0 Å². The van der Waals surface area contributed by atoms with Gasteiger partial charge in [0, 0.05) is 25.7 Å². The lowest BCUT2D eigenvalue weighted by Gasteiger charge is -2.15. The number of hydrogen-bond donors (Lipinski definition) is 3. The van der Waals surface area contributed by atoms with Gasteiger partial charge in [0.05, 0.1) is 11.5 Å². The van der Waals surface area contributed by atoms with E-state index >= 15 is 0 Å². The van der Waals surface area contributed by atoms with Crippen LogP contribution >= 0.6 is 24.0 Å². The van der Waals surface area contributed by atoms with Crippen molar-refractivity contribution in [3.05, 3.63) is 59.2 Å². The number of rotatable bonds is 9. The van der Waals surface area contributed by atoms with Crippen LogP contribution in [-0.2, 0) is 23.1 Å². The number of aryl methyl sites for hydroxylation is 1. The summed E-state index contributed by atoms with van der Waals surface area (Å²) in [5, 5.41) is 6.49. The Balaban J connectivity index is 0.00000450. The molecule has 0 aromatic heterocycles. The highest BCUT2D eigenvalue weighted by molar-refractivity contribution is 14.0. The normalized spacial score (nSPS) is 11.5. The van der Waals surface area contributed by atoms with Gasteiger partial charge >= 0.3 is 0 Å². The Kier molecular flexibility index (Phi) is 11.1. The van der Waals surface area contributed by atoms with Crippen LogP contribution in [0.3, 0.4) is 0 Å². The van der Waals surface area contributed by atoms with Gasteiger partial charge < -0.3 is 15.4 Å². The minimum atomic E-state index is -3.46. The van der Waals surface area contributed by atoms with Gasteiger partial charge in [-0.1, -0.05) is 31.2 Å². The minimum absolute atomic E-state index is 0. The molecule has 0 bridgehead atoms. The third kappa shape index (κ3) is 7.77. The van der Waals surface area contributed by atoms with Crippen molar-refractivity contribution in [1.82, 2.24) is 15.4 Å². The van der Waals surface area contributed by atoms with Crippen LogP contribution < -0.4 is 20.1 Å². The summed E-state index contributed by atoms with van der Waals surface area (Å²) in [6.45, 7) is 5.80. The van der Waals surface area contributed by atoms with E-state index in [0.29, 0.717) is 25.7 Å². The lowest BCUT2D eigenvalue weighted by molar-refractivity contribution is 0.313. The van der Waals surface area contributed by atoms with Crippen molar-refractivity contribution < 1.29 is 13.2 Å². The smallest absolute Gasteiger partial charge is 0.240 e. The first kappa shape index (κ1) is 26.2. The van der Waals surface area contributed by atoms with E-state index in [1.807, 2.05) is 25.1 Å². The first-order chi connectivity index (χ1) is 13.9. The maximum atomic E-state index is 12.0. The van der Waals surface area contributed by atoms with Crippen LogP contribution in [-0.4, -0.2) is 35.1 Å². The fraction of sp³-hybridized carbons (Fsp3) is 0.381. The number of ether oxygens (including phenoxy) is 1. The van der Waals surface area contributed by atoms with E-state index in [4.69, 9.17) is 4.74 Å². The number of guanidine groups is 1. The van der Waals surface area contributed by atoms with E-state index in [1.165, 1.54) is 7.05 Å². The topological polar surface area (TPSA) is 91.8 Å². The molecule has 30 heavy (non-hydrogen) atoms. The second kappa shape index (κ2) is 12.8. The Morgan fingerprint density at radius 2 is 1.83 bits per heavy atom. The average molecular weight is 546 g/mol. The van der Waals surface area contributed by atoms with E-state index < -0.39 is 10.0 Å². The first-order valence-electron chi connectivity index (χ1n) is 9.59. The summed E-state index contributed by atoms with van der Waals surface area (Å²) in [4.78, 5) is 4.47. The molecule has 0 saturated heterocycles. The van der Waals surface area contributed by atoms with Gasteiger partial charge in [-0.05, 0) is 49.7 Å². The predicted octanol–water partition coefficient (Wildman–Crippen LogP) is 3.18. The summed E-state index contributed by atoms with van der Waals surface area (Å²) >= 11 is 0. The zero-order valence-electron chi connectivity index (χ0n) is 17.9. The van der Waals surface area contributed by atoms with Gasteiger partial charge in [-0.25, -0.2) is 13.1 Å². The van der Waals surface area contributed by atoms with Crippen LogP contribution in [0, 0.1) is 6.92 Å². The van der Waals surface area contributed by atoms with Crippen LogP contribution in [0.25, 0.3) is 0 Å². The lowest BCUT2D eigenvalue weighted by atomic mass is 10.1. The molecule has 0 aliphatic rings. The molecule has 0 amide bonds. The Labute approximate surface area is 196 Å². The number of hydrogen-bond acceptors (Lipinski definition) is 4. The number of nitrogens with zero attached hydrogens (tertiary/aromatic N) is 1. The van der Waals surface area contributed by atoms with Crippen LogP contribution in [0.2, 0.25) is 0 Å². The summed E-state index contributed by atoms with van der Waals surface area (Å²) in [6.07, 6.45) is 0.951. The highest BCUT2D eigenvalue weighted by atomic mass is 127.